The molecule has 0 bridgehead atoms. The van der Waals surface area contributed by atoms with Gasteiger partial charge in [-0.25, -0.2) is 0 Å². The van der Waals surface area contributed by atoms with Crippen LogP contribution in [0.5, 0.6) is 0 Å². The molecule has 0 atom stereocenters. The second-order valence-electron chi connectivity index (χ2n) is 18.4. The van der Waals surface area contributed by atoms with Crippen molar-refractivity contribution in [2.75, 3.05) is 4.90 Å². The first-order valence-electron chi connectivity index (χ1n) is 24.1. The van der Waals surface area contributed by atoms with Crippen molar-refractivity contribution in [2.24, 2.45) is 0 Å². The number of aromatic nitrogens is 1. The van der Waals surface area contributed by atoms with Gasteiger partial charge in [0.15, 0.2) is 0 Å². The monoisotopic (exact) mass is 892 g/mol. The lowest BCUT2D eigenvalue weighted by Crippen LogP contribution is -2.28. The smallest absolute Gasteiger partial charge is 0.143 e. The molecule has 0 saturated heterocycles. The van der Waals surface area contributed by atoms with E-state index < -0.39 is 5.41 Å². The molecule has 0 saturated carbocycles. The number of rotatable bonds is 8. The minimum atomic E-state index is -0.492. The summed E-state index contributed by atoms with van der Waals surface area (Å²) >= 11 is 0. The number of furan rings is 1. The molecule has 1 aliphatic carbocycles. The third-order valence-electron chi connectivity index (χ3n) is 14.7. The summed E-state index contributed by atoms with van der Waals surface area (Å²) < 4.78 is 8.98. The molecule has 0 aliphatic heterocycles. The standard InChI is InChI=1S/C67H44N2O/c1-3-20-48(21-4-1)67(49-22-5-2-6-23-49)61-32-11-7-26-55(61)60-44-53(40-41-62(60)67)68(52-25-16-19-47(43-52)54-30-17-31-59-58-29-10-14-35-65(58)70-66(54)59)51-24-15-18-46(42-51)45-36-38-50(39-37-45)69-63-33-12-8-27-56(63)57-28-9-13-34-64(57)69/h1-44H. The molecule has 0 amide bonds. The number of fused-ring (bicyclic) bond motifs is 9. The summed E-state index contributed by atoms with van der Waals surface area (Å²) in [6.45, 7) is 0. The Labute approximate surface area is 406 Å². The van der Waals surface area contributed by atoms with Gasteiger partial charge in [0.2, 0.25) is 0 Å². The SMILES string of the molecule is c1ccc(C2(c3ccccc3)c3ccccc3-c3cc(N(c4cccc(-c5ccc(-n6c7ccccc7c7ccccc76)cc5)c4)c4cccc(-c5cccc6c5oc5ccccc56)c4)ccc32)cc1. The summed E-state index contributed by atoms with van der Waals surface area (Å²) in [6, 6.07) is 97.3. The average molecular weight is 893 g/mol. The van der Waals surface area contributed by atoms with Gasteiger partial charge in [0.05, 0.1) is 16.4 Å². The number of benzene rings is 11. The van der Waals surface area contributed by atoms with Crippen molar-refractivity contribution < 1.29 is 4.42 Å². The van der Waals surface area contributed by atoms with Crippen molar-refractivity contribution in [3.05, 3.63) is 289 Å². The maximum atomic E-state index is 6.61. The normalized spacial score (nSPS) is 12.7. The molecule has 0 N–H and O–H groups in total. The Balaban J connectivity index is 0.942. The number of hydrogen-bond acceptors (Lipinski definition) is 2. The quantitative estimate of drug-likeness (QED) is 0.152. The largest absolute Gasteiger partial charge is 0.455 e. The van der Waals surface area contributed by atoms with Gasteiger partial charge in [0, 0.05) is 49.9 Å². The summed E-state index contributed by atoms with van der Waals surface area (Å²) in [6.07, 6.45) is 0. The van der Waals surface area contributed by atoms with Crippen molar-refractivity contribution in [2.45, 2.75) is 5.41 Å². The van der Waals surface area contributed by atoms with Gasteiger partial charge in [-0.1, -0.05) is 200 Å². The lowest BCUT2D eigenvalue weighted by atomic mass is 9.68. The molecule has 70 heavy (non-hydrogen) atoms. The summed E-state index contributed by atoms with van der Waals surface area (Å²) in [5.41, 5.74) is 20.0. The van der Waals surface area contributed by atoms with Crippen LogP contribution in [0.15, 0.2) is 271 Å². The molecule has 0 spiro atoms. The zero-order valence-corrected chi connectivity index (χ0v) is 38.2. The molecule has 2 aromatic heterocycles. The van der Waals surface area contributed by atoms with E-state index in [1.165, 1.54) is 55.2 Å². The summed E-state index contributed by atoms with van der Waals surface area (Å²) in [4.78, 5) is 2.42. The molecule has 0 fully saturated rings. The van der Waals surface area contributed by atoms with Gasteiger partial charge in [-0.2, -0.15) is 0 Å². The highest BCUT2D eigenvalue weighted by atomic mass is 16.3. The third-order valence-corrected chi connectivity index (χ3v) is 14.7. The van der Waals surface area contributed by atoms with Gasteiger partial charge in [0.1, 0.15) is 11.2 Å². The van der Waals surface area contributed by atoms with Crippen LogP contribution in [-0.4, -0.2) is 4.57 Å². The molecule has 3 heteroatoms. The zero-order chi connectivity index (χ0) is 46.2. The van der Waals surface area contributed by atoms with Crippen molar-refractivity contribution in [1.29, 1.82) is 0 Å². The van der Waals surface area contributed by atoms with Crippen LogP contribution in [0.2, 0.25) is 0 Å². The maximum absolute atomic E-state index is 6.61. The molecule has 328 valence electrons. The fourth-order valence-electron chi connectivity index (χ4n) is 11.6. The fourth-order valence-corrected chi connectivity index (χ4v) is 11.6. The molecular formula is C67H44N2O. The Morgan fingerprint density at radius 3 is 1.57 bits per heavy atom. The van der Waals surface area contributed by atoms with Crippen LogP contribution in [0.1, 0.15) is 22.3 Å². The number of para-hydroxylation sites is 4. The molecular weight excluding hydrogens is 849 g/mol. The van der Waals surface area contributed by atoms with Crippen LogP contribution in [0.4, 0.5) is 17.1 Å². The van der Waals surface area contributed by atoms with Crippen LogP contribution < -0.4 is 4.90 Å². The van der Waals surface area contributed by atoms with Crippen LogP contribution in [-0.2, 0) is 5.41 Å². The minimum Gasteiger partial charge on any atom is -0.455 e. The average Bonchev–Trinajstić information content (AvgIpc) is 4.08. The topological polar surface area (TPSA) is 21.3 Å². The predicted molar refractivity (Wildman–Crippen MR) is 291 cm³/mol. The Hall–Kier alpha value is -9.18. The molecule has 11 aromatic carbocycles. The van der Waals surface area contributed by atoms with E-state index in [-0.39, 0.29) is 0 Å². The molecule has 13 aromatic rings. The summed E-state index contributed by atoms with van der Waals surface area (Å²) in [5.74, 6) is 0. The lowest BCUT2D eigenvalue weighted by molar-refractivity contribution is 0.670. The van der Waals surface area contributed by atoms with Crippen LogP contribution in [0.25, 0.3) is 82.8 Å². The maximum Gasteiger partial charge on any atom is 0.143 e. The first kappa shape index (κ1) is 39.9. The van der Waals surface area contributed by atoms with Crippen molar-refractivity contribution in [3.8, 4) is 39.1 Å². The van der Waals surface area contributed by atoms with Gasteiger partial charge >= 0.3 is 0 Å². The van der Waals surface area contributed by atoms with Gasteiger partial charge in [-0.3, -0.25) is 0 Å². The highest BCUT2D eigenvalue weighted by molar-refractivity contribution is 6.10. The highest BCUT2D eigenvalue weighted by Gasteiger charge is 2.46. The second kappa shape index (κ2) is 16.0. The molecule has 3 nitrogen and oxygen atoms in total. The highest BCUT2D eigenvalue weighted by Crippen LogP contribution is 2.57. The van der Waals surface area contributed by atoms with E-state index in [1.54, 1.807) is 0 Å². The van der Waals surface area contributed by atoms with E-state index in [1.807, 2.05) is 6.07 Å². The van der Waals surface area contributed by atoms with Crippen molar-refractivity contribution in [3.63, 3.8) is 0 Å². The Morgan fingerprint density at radius 2 is 0.857 bits per heavy atom. The van der Waals surface area contributed by atoms with E-state index in [2.05, 4.69) is 270 Å². The van der Waals surface area contributed by atoms with E-state index in [0.717, 1.165) is 66.9 Å². The first-order chi connectivity index (χ1) is 34.7. The van der Waals surface area contributed by atoms with E-state index in [4.69, 9.17) is 4.42 Å². The van der Waals surface area contributed by atoms with Gasteiger partial charge in [0.25, 0.3) is 0 Å². The fraction of sp³-hybridized carbons (Fsp3) is 0.0149. The molecule has 1 aliphatic rings. The van der Waals surface area contributed by atoms with Crippen LogP contribution in [0.3, 0.4) is 0 Å². The lowest BCUT2D eigenvalue weighted by Gasteiger charge is -2.34. The van der Waals surface area contributed by atoms with Gasteiger partial charge in [-0.05, 0) is 117 Å². The number of hydrogen-bond donors (Lipinski definition) is 0. The third kappa shape index (κ3) is 6.08. The Bertz CT molecular complexity index is 4030. The van der Waals surface area contributed by atoms with Gasteiger partial charge in [-0.15, -0.1) is 0 Å². The Morgan fingerprint density at radius 1 is 0.329 bits per heavy atom. The predicted octanol–water partition coefficient (Wildman–Crippen LogP) is 17.8. The second-order valence-corrected chi connectivity index (χ2v) is 18.4. The Kier molecular flexibility index (Phi) is 9.11. The van der Waals surface area contributed by atoms with Crippen LogP contribution >= 0.6 is 0 Å². The summed E-state index contributed by atoms with van der Waals surface area (Å²) in [7, 11) is 0. The number of anilines is 3. The van der Waals surface area contributed by atoms with Crippen molar-refractivity contribution >= 4 is 60.8 Å². The molecule has 0 radical (unpaired) electrons. The van der Waals surface area contributed by atoms with Crippen LogP contribution in [0, 0.1) is 0 Å². The first-order valence-corrected chi connectivity index (χ1v) is 24.1. The van der Waals surface area contributed by atoms with Crippen molar-refractivity contribution in [1.82, 2.24) is 4.57 Å². The number of nitrogens with zero attached hydrogens (tertiary/aromatic N) is 2. The van der Waals surface area contributed by atoms with Gasteiger partial charge < -0.3 is 13.9 Å². The zero-order valence-electron chi connectivity index (χ0n) is 38.2. The molecule has 14 rings (SSSR count). The molecule has 0 unspecified atom stereocenters. The van der Waals surface area contributed by atoms with E-state index in [0.29, 0.717) is 0 Å². The molecule has 2 heterocycles. The van der Waals surface area contributed by atoms with E-state index in [9.17, 15) is 0 Å². The summed E-state index contributed by atoms with van der Waals surface area (Å²) in [5, 5.41) is 4.76. The minimum absolute atomic E-state index is 0.492. The van der Waals surface area contributed by atoms with E-state index >= 15 is 0 Å².